The maximum absolute atomic E-state index is 4.70. The average molecular weight is 258 g/mol. The summed E-state index contributed by atoms with van der Waals surface area (Å²) >= 11 is 1.83. The summed E-state index contributed by atoms with van der Waals surface area (Å²) in [7, 11) is 0. The molecule has 3 heteroatoms. The second-order valence-electron chi connectivity index (χ2n) is 4.99. The highest BCUT2D eigenvalue weighted by Crippen LogP contribution is 2.41. The molecule has 0 aliphatic heterocycles. The van der Waals surface area contributed by atoms with Crippen molar-refractivity contribution in [3.05, 3.63) is 45.9 Å². The smallest absolute Gasteiger partial charge is 0.0959 e. The molecular formula is C15H18N2S. The Bertz CT molecular complexity index is 512. The first-order chi connectivity index (χ1) is 8.81. The zero-order valence-electron chi connectivity index (χ0n) is 10.6. The van der Waals surface area contributed by atoms with Gasteiger partial charge in [-0.25, -0.2) is 4.98 Å². The minimum Gasteiger partial charge on any atom is -0.385 e. The van der Waals surface area contributed by atoms with Crippen molar-refractivity contribution in [1.82, 2.24) is 4.98 Å². The Morgan fingerprint density at radius 1 is 1.28 bits per heavy atom. The standard InChI is InChI=1S/C15H18N2S/c1-11-2-6-13(7-3-11)16-9-8-14-10-18-15(17-14)12-4-5-12/h2-3,6-7,10,12,16H,4-5,8-9H2,1H3. The van der Waals surface area contributed by atoms with Crippen LogP contribution in [0.3, 0.4) is 0 Å². The van der Waals surface area contributed by atoms with Crippen LogP contribution in [0.25, 0.3) is 0 Å². The Labute approximate surface area is 112 Å². The van der Waals surface area contributed by atoms with Crippen molar-refractivity contribution in [2.45, 2.75) is 32.1 Å². The summed E-state index contributed by atoms with van der Waals surface area (Å²) in [5.41, 5.74) is 3.73. The molecule has 0 bridgehead atoms. The molecule has 2 aromatic rings. The van der Waals surface area contributed by atoms with Gasteiger partial charge in [0.2, 0.25) is 0 Å². The Kier molecular flexibility index (Phi) is 3.33. The van der Waals surface area contributed by atoms with Crippen LogP contribution in [-0.2, 0) is 6.42 Å². The fraction of sp³-hybridized carbons (Fsp3) is 0.400. The molecule has 0 radical (unpaired) electrons. The summed E-state index contributed by atoms with van der Waals surface area (Å²) in [5, 5.41) is 7.00. The van der Waals surface area contributed by atoms with Gasteiger partial charge in [-0.05, 0) is 31.9 Å². The van der Waals surface area contributed by atoms with E-state index in [-0.39, 0.29) is 0 Å². The van der Waals surface area contributed by atoms with E-state index in [0.29, 0.717) is 0 Å². The molecule has 0 amide bonds. The van der Waals surface area contributed by atoms with Crippen molar-refractivity contribution in [3.63, 3.8) is 0 Å². The zero-order valence-corrected chi connectivity index (χ0v) is 11.5. The van der Waals surface area contributed by atoms with E-state index >= 15 is 0 Å². The predicted octanol–water partition coefficient (Wildman–Crippen LogP) is 3.98. The number of rotatable bonds is 5. The van der Waals surface area contributed by atoms with Crippen LogP contribution in [0.1, 0.15) is 35.0 Å². The lowest BCUT2D eigenvalue weighted by Gasteiger charge is -2.05. The molecule has 94 valence electrons. The number of nitrogens with zero attached hydrogens (tertiary/aromatic N) is 1. The van der Waals surface area contributed by atoms with E-state index in [4.69, 9.17) is 4.98 Å². The van der Waals surface area contributed by atoms with Gasteiger partial charge < -0.3 is 5.32 Å². The minimum atomic E-state index is 0.786. The third-order valence-corrected chi connectivity index (χ3v) is 4.31. The lowest BCUT2D eigenvalue weighted by molar-refractivity contribution is 0.948. The normalized spacial score (nSPS) is 14.7. The highest BCUT2D eigenvalue weighted by Gasteiger charge is 2.26. The molecule has 1 fully saturated rings. The van der Waals surface area contributed by atoms with Gasteiger partial charge in [0.15, 0.2) is 0 Å². The van der Waals surface area contributed by atoms with E-state index in [1.807, 2.05) is 11.3 Å². The molecule has 18 heavy (non-hydrogen) atoms. The van der Waals surface area contributed by atoms with Crippen molar-refractivity contribution < 1.29 is 0 Å². The first kappa shape index (κ1) is 11.7. The van der Waals surface area contributed by atoms with Gasteiger partial charge in [0, 0.05) is 30.0 Å². The molecule has 0 saturated heterocycles. The Hall–Kier alpha value is -1.35. The number of hydrogen-bond donors (Lipinski definition) is 1. The van der Waals surface area contributed by atoms with Gasteiger partial charge in [-0.15, -0.1) is 11.3 Å². The van der Waals surface area contributed by atoms with Crippen LogP contribution < -0.4 is 5.32 Å². The molecule has 1 aliphatic carbocycles. The lowest BCUT2D eigenvalue weighted by Crippen LogP contribution is -2.05. The van der Waals surface area contributed by atoms with E-state index in [1.165, 1.54) is 34.8 Å². The van der Waals surface area contributed by atoms with Crippen LogP contribution in [0, 0.1) is 6.92 Å². The lowest BCUT2D eigenvalue weighted by atomic mass is 10.2. The molecule has 1 saturated carbocycles. The van der Waals surface area contributed by atoms with Gasteiger partial charge >= 0.3 is 0 Å². The van der Waals surface area contributed by atoms with Crippen molar-refractivity contribution in [3.8, 4) is 0 Å². The van der Waals surface area contributed by atoms with Crippen LogP contribution in [0.15, 0.2) is 29.6 Å². The molecule has 1 N–H and O–H groups in total. The summed E-state index contributed by atoms with van der Waals surface area (Å²) in [6.07, 6.45) is 3.69. The van der Waals surface area contributed by atoms with Crippen LogP contribution in [0.2, 0.25) is 0 Å². The maximum Gasteiger partial charge on any atom is 0.0959 e. The van der Waals surface area contributed by atoms with Gasteiger partial charge in [0.1, 0.15) is 0 Å². The van der Waals surface area contributed by atoms with Gasteiger partial charge in [-0.1, -0.05) is 17.7 Å². The van der Waals surface area contributed by atoms with Crippen LogP contribution in [-0.4, -0.2) is 11.5 Å². The number of hydrogen-bond acceptors (Lipinski definition) is 3. The highest BCUT2D eigenvalue weighted by atomic mass is 32.1. The summed E-state index contributed by atoms with van der Waals surface area (Å²) in [6.45, 7) is 3.06. The molecule has 1 aromatic carbocycles. The minimum absolute atomic E-state index is 0.786. The van der Waals surface area contributed by atoms with Crippen LogP contribution in [0.5, 0.6) is 0 Å². The fourth-order valence-electron chi connectivity index (χ4n) is 1.96. The number of anilines is 1. The number of thiazole rings is 1. The SMILES string of the molecule is Cc1ccc(NCCc2csc(C3CC3)n2)cc1. The van der Waals surface area contributed by atoms with E-state index in [1.54, 1.807) is 0 Å². The first-order valence-electron chi connectivity index (χ1n) is 6.56. The number of nitrogens with one attached hydrogen (secondary N) is 1. The zero-order chi connectivity index (χ0) is 12.4. The molecule has 0 unspecified atom stereocenters. The molecule has 1 heterocycles. The van der Waals surface area contributed by atoms with E-state index in [0.717, 1.165) is 18.9 Å². The maximum atomic E-state index is 4.70. The second kappa shape index (κ2) is 5.11. The van der Waals surface area contributed by atoms with Gasteiger partial charge in [-0.3, -0.25) is 0 Å². The third kappa shape index (κ3) is 2.91. The van der Waals surface area contributed by atoms with Gasteiger partial charge in [-0.2, -0.15) is 0 Å². The van der Waals surface area contributed by atoms with Crippen molar-refractivity contribution >= 4 is 17.0 Å². The third-order valence-electron chi connectivity index (χ3n) is 3.26. The Morgan fingerprint density at radius 2 is 2.06 bits per heavy atom. The van der Waals surface area contributed by atoms with Gasteiger partial charge in [0.05, 0.1) is 10.7 Å². The summed E-state index contributed by atoms with van der Waals surface area (Å²) in [6, 6.07) is 8.53. The second-order valence-corrected chi connectivity index (χ2v) is 5.88. The van der Waals surface area contributed by atoms with E-state index in [9.17, 15) is 0 Å². The van der Waals surface area contributed by atoms with E-state index < -0.39 is 0 Å². The largest absolute Gasteiger partial charge is 0.385 e. The van der Waals surface area contributed by atoms with Crippen LogP contribution >= 0.6 is 11.3 Å². The summed E-state index contributed by atoms with van der Waals surface area (Å²) in [4.78, 5) is 4.70. The van der Waals surface area contributed by atoms with Crippen molar-refractivity contribution in [1.29, 1.82) is 0 Å². The molecule has 0 atom stereocenters. The molecule has 0 spiro atoms. The summed E-state index contributed by atoms with van der Waals surface area (Å²) < 4.78 is 0. The highest BCUT2D eigenvalue weighted by molar-refractivity contribution is 7.09. The van der Waals surface area contributed by atoms with E-state index in [2.05, 4.69) is 41.9 Å². The summed E-state index contributed by atoms with van der Waals surface area (Å²) in [5.74, 6) is 0.786. The van der Waals surface area contributed by atoms with Crippen molar-refractivity contribution in [2.24, 2.45) is 0 Å². The van der Waals surface area contributed by atoms with Crippen LogP contribution in [0.4, 0.5) is 5.69 Å². The topological polar surface area (TPSA) is 24.9 Å². The monoisotopic (exact) mass is 258 g/mol. The molecule has 2 nitrogen and oxygen atoms in total. The number of aromatic nitrogens is 1. The van der Waals surface area contributed by atoms with Gasteiger partial charge in [0.25, 0.3) is 0 Å². The molecule has 3 rings (SSSR count). The Balaban J connectivity index is 1.49. The number of benzene rings is 1. The fourth-order valence-corrected chi connectivity index (χ4v) is 2.99. The molecule has 1 aliphatic rings. The number of aryl methyl sites for hydroxylation is 1. The molecule has 1 aromatic heterocycles. The first-order valence-corrected chi connectivity index (χ1v) is 7.44. The van der Waals surface area contributed by atoms with Crippen molar-refractivity contribution in [2.75, 3.05) is 11.9 Å². The molecular weight excluding hydrogens is 240 g/mol. The average Bonchev–Trinajstić information content (AvgIpc) is 3.12. The predicted molar refractivity (Wildman–Crippen MR) is 77.5 cm³/mol. The quantitative estimate of drug-likeness (QED) is 0.877. The Morgan fingerprint density at radius 3 is 2.78 bits per heavy atom.